The third-order valence-corrected chi connectivity index (χ3v) is 2.42. The number of alkyl halides is 1. The monoisotopic (exact) mass is 288 g/mol. The molecule has 0 heterocycles. The van der Waals surface area contributed by atoms with Gasteiger partial charge in [0.15, 0.2) is 0 Å². The molecule has 0 N–H and O–H groups in total. The first-order chi connectivity index (χ1) is 6.81. The summed E-state index contributed by atoms with van der Waals surface area (Å²) in [5.74, 6) is 0. The number of hydrogen-bond acceptors (Lipinski definition) is 3. The van der Waals surface area contributed by atoms with Gasteiger partial charge in [0.1, 0.15) is 0 Å². The Balaban J connectivity index is 0. The van der Waals surface area contributed by atoms with E-state index in [0.29, 0.717) is 5.23 Å². The van der Waals surface area contributed by atoms with Crippen LogP contribution in [0.25, 0.3) is 0 Å². The Morgan fingerprint density at radius 2 is 1.06 bits per heavy atom. The Kier molecular flexibility index (Phi) is 10.9. The van der Waals surface area contributed by atoms with E-state index in [1.165, 1.54) is 0 Å². The SMILES string of the molecule is CC(C)O[B-](CBr)(OC(C)C)OC(C)C.[Li+]. The summed E-state index contributed by atoms with van der Waals surface area (Å²) in [4.78, 5) is 0. The van der Waals surface area contributed by atoms with Gasteiger partial charge in [0, 0.05) is 18.3 Å². The Labute approximate surface area is 120 Å². The van der Waals surface area contributed by atoms with Crippen molar-refractivity contribution in [3.8, 4) is 0 Å². The summed E-state index contributed by atoms with van der Waals surface area (Å²) < 4.78 is 17.3. The van der Waals surface area contributed by atoms with E-state index in [4.69, 9.17) is 14.0 Å². The van der Waals surface area contributed by atoms with Crippen LogP contribution in [-0.4, -0.2) is 30.3 Å². The average Bonchev–Trinajstić information content (AvgIpc) is 1.99. The fourth-order valence-electron chi connectivity index (χ4n) is 1.45. The smallest absolute Gasteiger partial charge is 0.542 e. The van der Waals surface area contributed by atoms with Crippen LogP contribution in [0.3, 0.4) is 0 Å². The largest absolute Gasteiger partial charge is 1.00 e. The second kappa shape index (κ2) is 9.02. The molecule has 0 aromatic rings. The van der Waals surface area contributed by atoms with Gasteiger partial charge >= 0.3 is 25.6 Å². The Bertz CT molecular complexity index is 153. The van der Waals surface area contributed by atoms with Crippen molar-refractivity contribution in [2.24, 2.45) is 0 Å². The zero-order chi connectivity index (χ0) is 12.1. The molecule has 0 saturated heterocycles. The molecule has 92 valence electrons. The van der Waals surface area contributed by atoms with E-state index in [1.807, 2.05) is 41.5 Å². The van der Waals surface area contributed by atoms with Crippen LogP contribution in [0.2, 0.25) is 0 Å². The molecule has 0 bridgehead atoms. The molecule has 0 aromatic heterocycles. The number of hydrogen-bond donors (Lipinski definition) is 0. The van der Waals surface area contributed by atoms with Crippen LogP contribution in [0.5, 0.6) is 0 Å². The van der Waals surface area contributed by atoms with E-state index < -0.39 is 6.75 Å². The normalized spacial score (nSPS) is 12.4. The molecule has 0 saturated carbocycles. The molecule has 3 nitrogen and oxygen atoms in total. The minimum atomic E-state index is -1.68. The summed E-state index contributed by atoms with van der Waals surface area (Å²) in [7, 11) is 0. The van der Waals surface area contributed by atoms with Crippen molar-refractivity contribution in [1.29, 1.82) is 0 Å². The van der Waals surface area contributed by atoms with Gasteiger partial charge in [-0.3, -0.25) is 0 Å². The topological polar surface area (TPSA) is 27.7 Å². The van der Waals surface area contributed by atoms with Crippen molar-refractivity contribution in [1.82, 2.24) is 0 Å². The van der Waals surface area contributed by atoms with Gasteiger partial charge in [0.2, 0.25) is 0 Å². The van der Waals surface area contributed by atoms with Crippen LogP contribution in [0, 0.1) is 0 Å². The summed E-state index contributed by atoms with van der Waals surface area (Å²) in [5, 5.41) is 0.557. The molecule has 0 spiro atoms. The van der Waals surface area contributed by atoms with Gasteiger partial charge in [-0.05, 0) is 46.8 Å². The standard InChI is InChI=1S/C10H23BBrO3.Li/c1-8(2)13-11(7-12,14-9(3)4)15-10(5)6;/h8-10H,7H2,1-6H3;/q-1;+1. The van der Waals surface area contributed by atoms with Crippen molar-refractivity contribution in [3.05, 3.63) is 0 Å². The molecule has 0 atom stereocenters. The van der Waals surface area contributed by atoms with Gasteiger partial charge in [-0.1, -0.05) is 0 Å². The maximum absolute atomic E-state index is 5.78. The van der Waals surface area contributed by atoms with Gasteiger partial charge in [-0.15, -0.1) is 15.9 Å². The minimum absolute atomic E-state index is 0. The minimum Gasteiger partial charge on any atom is -0.542 e. The van der Waals surface area contributed by atoms with Gasteiger partial charge in [-0.25, -0.2) is 0 Å². The Hall–Kier alpha value is 1.02. The molecule has 0 aliphatic rings. The predicted octanol–water partition coefficient (Wildman–Crippen LogP) is 0.138. The van der Waals surface area contributed by atoms with Crippen LogP contribution >= 0.6 is 15.9 Å². The molecule has 0 aliphatic heterocycles. The summed E-state index contributed by atoms with van der Waals surface area (Å²) >= 11 is 3.41. The number of rotatable bonds is 7. The Morgan fingerprint density at radius 1 is 0.812 bits per heavy atom. The maximum atomic E-state index is 5.78. The molecular weight excluding hydrogens is 266 g/mol. The molecule has 0 rings (SSSR count). The summed E-state index contributed by atoms with van der Waals surface area (Å²) in [6.07, 6.45) is 0.250. The van der Waals surface area contributed by atoms with Crippen LogP contribution < -0.4 is 18.9 Å². The van der Waals surface area contributed by atoms with Crippen molar-refractivity contribution in [2.45, 2.75) is 59.9 Å². The van der Waals surface area contributed by atoms with Crippen molar-refractivity contribution in [2.75, 3.05) is 5.23 Å². The van der Waals surface area contributed by atoms with E-state index in [-0.39, 0.29) is 37.2 Å². The number of halogens is 1. The van der Waals surface area contributed by atoms with Crippen molar-refractivity contribution >= 4 is 22.7 Å². The van der Waals surface area contributed by atoms with E-state index in [0.717, 1.165) is 0 Å². The first kappa shape index (κ1) is 19.4. The second-order valence-electron chi connectivity index (χ2n) is 4.50. The van der Waals surface area contributed by atoms with Gasteiger partial charge in [-0.2, -0.15) is 0 Å². The van der Waals surface area contributed by atoms with E-state index in [1.54, 1.807) is 0 Å². The average molecular weight is 289 g/mol. The molecule has 0 radical (unpaired) electrons. The van der Waals surface area contributed by atoms with Gasteiger partial charge < -0.3 is 14.0 Å². The molecule has 0 aromatic carbocycles. The zero-order valence-electron chi connectivity index (χ0n) is 11.6. The first-order valence-electron chi connectivity index (χ1n) is 5.55. The molecular formula is C10H23BBrLiO3. The van der Waals surface area contributed by atoms with E-state index in [2.05, 4.69) is 15.9 Å². The molecule has 6 heteroatoms. The summed E-state index contributed by atoms with van der Waals surface area (Å²) in [5.41, 5.74) is 0. The zero-order valence-corrected chi connectivity index (χ0v) is 13.2. The first-order valence-corrected chi connectivity index (χ1v) is 6.68. The van der Waals surface area contributed by atoms with Crippen LogP contribution in [0.15, 0.2) is 0 Å². The van der Waals surface area contributed by atoms with Crippen LogP contribution in [0.4, 0.5) is 0 Å². The maximum Gasteiger partial charge on any atom is 1.00 e. The van der Waals surface area contributed by atoms with Crippen LogP contribution in [0.1, 0.15) is 41.5 Å². The molecule has 16 heavy (non-hydrogen) atoms. The Morgan fingerprint density at radius 3 is 1.19 bits per heavy atom. The summed E-state index contributed by atoms with van der Waals surface area (Å²) in [6.45, 7) is 10.2. The van der Waals surface area contributed by atoms with Crippen molar-refractivity contribution < 1.29 is 32.8 Å². The molecule has 0 aliphatic carbocycles. The molecule has 0 unspecified atom stereocenters. The van der Waals surface area contributed by atoms with Crippen LogP contribution in [-0.2, 0) is 14.0 Å². The van der Waals surface area contributed by atoms with Crippen molar-refractivity contribution in [3.63, 3.8) is 0 Å². The molecule has 0 amide bonds. The van der Waals surface area contributed by atoms with Gasteiger partial charge in [0.25, 0.3) is 0 Å². The third-order valence-electron chi connectivity index (χ3n) is 1.63. The van der Waals surface area contributed by atoms with Gasteiger partial charge in [0.05, 0.1) is 0 Å². The fraction of sp³-hybridized carbons (Fsp3) is 1.00. The second-order valence-corrected chi connectivity index (χ2v) is 5.14. The predicted molar refractivity (Wildman–Crippen MR) is 68.2 cm³/mol. The molecule has 0 fully saturated rings. The quantitative estimate of drug-likeness (QED) is 0.493. The summed E-state index contributed by atoms with van der Waals surface area (Å²) in [6, 6.07) is 0. The fourth-order valence-corrected chi connectivity index (χ4v) is 1.91. The third kappa shape index (κ3) is 8.16. The van der Waals surface area contributed by atoms with E-state index >= 15 is 0 Å². The van der Waals surface area contributed by atoms with E-state index in [9.17, 15) is 0 Å².